The average molecular weight is 306 g/mol. The molecule has 0 radical (unpaired) electrons. The zero-order valence-electron chi connectivity index (χ0n) is 10.2. The van der Waals surface area contributed by atoms with Gasteiger partial charge in [0.2, 0.25) is 0 Å². The minimum absolute atomic E-state index is 0.675. The molecule has 1 aliphatic rings. The molecule has 1 aromatic carbocycles. The van der Waals surface area contributed by atoms with Gasteiger partial charge in [0.15, 0.2) is 0 Å². The van der Waals surface area contributed by atoms with Crippen LogP contribution in [-0.4, -0.2) is 19.6 Å². The molecule has 4 heteroatoms. The molecule has 0 saturated carbocycles. The Morgan fingerprint density at radius 2 is 2.33 bits per heavy atom. The van der Waals surface area contributed by atoms with E-state index in [1.54, 1.807) is 0 Å². The van der Waals surface area contributed by atoms with Crippen LogP contribution in [0, 0.1) is 11.3 Å². The van der Waals surface area contributed by atoms with Gasteiger partial charge in [0.05, 0.1) is 11.6 Å². The molecule has 0 bridgehead atoms. The average Bonchev–Trinajstić information content (AvgIpc) is 2.42. The van der Waals surface area contributed by atoms with E-state index in [0.29, 0.717) is 5.56 Å². The van der Waals surface area contributed by atoms with Gasteiger partial charge in [-0.05, 0) is 53.5 Å². The lowest BCUT2D eigenvalue weighted by Crippen LogP contribution is -2.21. The molecule has 0 aliphatic carbocycles. The first-order valence-corrected chi connectivity index (χ1v) is 6.91. The minimum atomic E-state index is 0.675. The summed E-state index contributed by atoms with van der Waals surface area (Å²) in [5.74, 6) is 0. The summed E-state index contributed by atoms with van der Waals surface area (Å²) in [6.07, 6.45) is 4.50. The summed E-state index contributed by atoms with van der Waals surface area (Å²) < 4.78 is 0.945. The molecule has 2 N–H and O–H groups in total. The third-order valence-corrected chi connectivity index (χ3v) is 3.67. The van der Waals surface area contributed by atoms with Gasteiger partial charge in [-0.2, -0.15) is 5.26 Å². The van der Waals surface area contributed by atoms with Crippen LogP contribution in [0.25, 0.3) is 0 Å². The van der Waals surface area contributed by atoms with E-state index in [1.807, 2.05) is 18.2 Å². The highest BCUT2D eigenvalue weighted by Gasteiger charge is 2.04. The monoisotopic (exact) mass is 305 g/mol. The standard InChI is InChI=1S/C14H16BrN3/c15-13-9-12(10-16)1-2-14(13)18-8-5-11-3-6-17-7-4-11/h1-3,9,17-18H,4-8H2. The molecule has 0 atom stereocenters. The van der Waals surface area contributed by atoms with Gasteiger partial charge < -0.3 is 10.6 Å². The van der Waals surface area contributed by atoms with Crippen LogP contribution >= 0.6 is 15.9 Å². The van der Waals surface area contributed by atoms with Gasteiger partial charge in [-0.3, -0.25) is 0 Å². The number of hydrogen-bond donors (Lipinski definition) is 2. The lowest BCUT2D eigenvalue weighted by atomic mass is 10.1. The number of nitrogens with zero attached hydrogens (tertiary/aromatic N) is 1. The smallest absolute Gasteiger partial charge is 0.0992 e. The quantitative estimate of drug-likeness (QED) is 0.841. The predicted molar refractivity (Wildman–Crippen MR) is 77.5 cm³/mol. The van der Waals surface area contributed by atoms with E-state index in [9.17, 15) is 0 Å². The zero-order valence-corrected chi connectivity index (χ0v) is 11.8. The van der Waals surface area contributed by atoms with E-state index in [-0.39, 0.29) is 0 Å². The van der Waals surface area contributed by atoms with Crippen molar-refractivity contribution < 1.29 is 0 Å². The van der Waals surface area contributed by atoms with Crippen molar-refractivity contribution in [2.75, 3.05) is 25.0 Å². The highest BCUT2D eigenvalue weighted by Crippen LogP contribution is 2.23. The molecule has 0 unspecified atom stereocenters. The molecule has 1 heterocycles. The fraction of sp³-hybridized carbons (Fsp3) is 0.357. The van der Waals surface area contributed by atoms with Gasteiger partial charge in [-0.25, -0.2) is 0 Å². The normalized spacial score (nSPS) is 14.8. The lowest BCUT2D eigenvalue weighted by Gasteiger charge is -2.15. The van der Waals surface area contributed by atoms with Crippen LogP contribution in [0.4, 0.5) is 5.69 Å². The molecular weight excluding hydrogens is 290 g/mol. The van der Waals surface area contributed by atoms with Crippen molar-refractivity contribution in [3.05, 3.63) is 39.9 Å². The van der Waals surface area contributed by atoms with Crippen LogP contribution in [-0.2, 0) is 0 Å². The van der Waals surface area contributed by atoms with Crippen molar-refractivity contribution in [3.63, 3.8) is 0 Å². The Bertz CT molecular complexity index is 488. The summed E-state index contributed by atoms with van der Waals surface area (Å²) in [6.45, 7) is 3.01. The molecule has 3 nitrogen and oxygen atoms in total. The van der Waals surface area contributed by atoms with Crippen LogP contribution in [0.5, 0.6) is 0 Å². The molecule has 1 aromatic rings. The summed E-state index contributed by atoms with van der Waals surface area (Å²) in [6, 6.07) is 7.74. The van der Waals surface area contributed by atoms with E-state index in [4.69, 9.17) is 5.26 Å². The molecule has 2 rings (SSSR count). The second-order valence-corrected chi connectivity index (χ2v) is 5.15. The van der Waals surface area contributed by atoms with E-state index in [2.05, 4.69) is 38.7 Å². The Kier molecular flexibility index (Phi) is 4.80. The fourth-order valence-corrected chi connectivity index (χ4v) is 2.50. The van der Waals surface area contributed by atoms with Gasteiger partial charge in [0.1, 0.15) is 0 Å². The third kappa shape index (κ3) is 3.59. The highest BCUT2D eigenvalue weighted by atomic mass is 79.9. The van der Waals surface area contributed by atoms with Gasteiger partial charge in [0.25, 0.3) is 0 Å². The Labute approximate surface area is 116 Å². The van der Waals surface area contributed by atoms with Crippen LogP contribution in [0.1, 0.15) is 18.4 Å². The summed E-state index contributed by atoms with van der Waals surface area (Å²) in [5, 5.41) is 15.5. The fourth-order valence-electron chi connectivity index (χ4n) is 1.98. The minimum Gasteiger partial charge on any atom is -0.384 e. The summed E-state index contributed by atoms with van der Waals surface area (Å²) in [4.78, 5) is 0. The Hall–Kier alpha value is -1.31. The molecule has 0 spiro atoms. The predicted octanol–water partition coefficient (Wildman–Crippen LogP) is 3.04. The van der Waals surface area contributed by atoms with E-state index < -0.39 is 0 Å². The number of hydrogen-bond acceptors (Lipinski definition) is 3. The lowest BCUT2D eigenvalue weighted by molar-refractivity contribution is 0.683. The molecule has 0 fully saturated rings. The van der Waals surface area contributed by atoms with E-state index in [0.717, 1.165) is 42.6 Å². The van der Waals surface area contributed by atoms with Crippen molar-refractivity contribution in [2.24, 2.45) is 0 Å². The van der Waals surface area contributed by atoms with Crippen molar-refractivity contribution in [2.45, 2.75) is 12.8 Å². The molecule has 0 saturated heterocycles. The summed E-state index contributed by atoms with van der Waals surface area (Å²) in [5.41, 5.74) is 3.24. The summed E-state index contributed by atoms with van der Waals surface area (Å²) >= 11 is 3.48. The number of rotatable bonds is 4. The van der Waals surface area contributed by atoms with Crippen LogP contribution in [0.2, 0.25) is 0 Å². The molecule has 18 heavy (non-hydrogen) atoms. The largest absolute Gasteiger partial charge is 0.384 e. The van der Waals surface area contributed by atoms with Crippen molar-refractivity contribution in [1.82, 2.24) is 5.32 Å². The Morgan fingerprint density at radius 3 is 3.00 bits per heavy atom. The summed E-state index contributed by atoms with van der Waals surface area (Å²) in [7, 11) is 0. The highest BCUT2D eigenvalue weighted by molar-refractivity contribution is 9.10. The van der Waals surface area contributed by atoms with Crippen LogP contribution in [0.3, 0.4) is 0 Å². The van der Waals surface area contributed by atoms with E-state index >= 15 is 0 Å². The van der Waals surface area contributed by atoms with Crippen molar-refractivity contribution in [3.8, 4) is 6.07 Å². The molecule has 1 aliphatic heterocycles. The molecule has 94 valence electrons. The van der Waals surface area contributed by atoms with Gasteiger partial charge in [-0.1, -0.05) is 11.6 Å². The van der Waals surface area contributed by atoms with Gasteiger partial charge >= 0.3 is 0 Å². The first-order chi connectivity index (χ1) is 8.79. The number of anilines is 1. The maximum absolute atomic E-state index is 8.79. The molecule has 0 aromatic heterocycles. The van der Waals surface area contributed by atoms with Crippen LogP contribution < -0.4 is 10.6 Å². The Morgan fingerprint density at radius 1 is 1.44 bits per heavy atom. The van der Waals surface area contributed by atoms with E-state index in [1.165, 1.54) is 5.57 Å². The van der Waals surface area contributed by atoms with Crippen LogP contribution in [0.15, 0.2) is 34.3 Å². The Balaban J connectivity index is 1.87. The second kappa shape index (κ2) is 6.58. The van der Waals surface area contributed by atoms with Gasteiger partial charge in [-0.15, -0.1) is 0 Å². The number of halogens is 1. The topological polar surface area (TPSA) is 47.9 Å². The maximum Gasteiger partial charge on any atom is 0.0992 e. The number of benzene rings is 1. The van der Waals surface area contributed by atoms with Crippen molar-refractivity contribution >= 4 is 21.6 Å². The molecule has 0 amide bonds. The molecular formula is C14H16BrN3. The van der Waals surface area contributed by atoms with Gasteiger partial charge in [0, 0.05) is 23.2 Å². The van der Waals surface area contributed by atoms with Crippen molar-refractivity contribution in [1.29, 1.82) is 5.26 Å². The second-order valence-electron chi connectivity index (χ2n) is 4.30. The SMILES string of the molecule is N#Cc1ccc(NCCC2=CCNCC2)c(Br)c1. The number of nitriles is 1. The first kappa shape index (κ1) is 13.1. The maximum atomic E-state index is 8.79. The number of nitrogens with one attached hydrogen (secondary N) is 2. The first-order valence-electron chi connectivity index (χ1n) is 6.12. The zero-order chi connectivity index (χ0) is 12.8. The third-order valence-electron chi connectivity index (χ3n) is 3.02.